The van der Waals surface area contributed by atoms with Crippen LogP contribution in [0.4, 0.5) is 5.69 Å². The highest BCUT2D eigenvalue weighted by Gasteiger charge is 2.41. The molecule has 1 aliphatic rings. The second-order valence-corrected chi connectivity index (χ2v) is 6.55. The molecular weight excluding hydrogens is 424 g/mol. The van der Waals surface area contributed by atoms with Crippen LogP contribution in [0.5, 0.6) is 5.75 Å². The number of esters is 1. The number of hydrogen-bond donors (Lipinski definition) is 0. The molecule has 1 aliphatic heterocycles. The summed E-state index contributed by atoms with van der Waals surface area (Å²) in [5.74, 6) is -1.75. The highest BCUT2D eigenvalue weighted by molar-refractivity contribution is 6.24. The van der Waals surface area contributed by atoms with Gasteiger partial charge < -0.3 is 14.0 Å². The Morgan fingerprint density at radius 2 is 1.91 bits per heavy atom. The first-order valence-electron chi connectivity index (χ1n) is 9.15. The van der Waals surface area contributed by atoms with Crippen molar-refractivity contribution in [2.75, 3.05) is 13.7 Å². The summed E-state index contributed by atoms with van der Waals surface area (Å²) >= 11 is 0. The number of fused-ring (bicyclic) bond motifs is 1. The minimum Gasteiger partial charge on any atom is -0.497 e. The Morgan fingerprint density at radius 1 is 1.16 bits per heavy atom. The van der Waals surface area contributed by atoms with Crippen molar-refractivity contribution < 1.29 is 33.3 Å². The smallest absolute Gasteiger partial charge is 0.326 e. The lowest BCUT2D eigenvalue weighted by atomic mass is 10.1. The Labute approximate surface area is 179 Å². The molecule has 0 radical (unpaired) electrons. The lowest BCUT2D eigenvalue weighted by Gasteiger charge is -2.12. The van der Waals surface area contributed by atoms with Crippen molar-refractivity contribution in [1.82, 2.24) is 15.0 Å². The van der Waals surface area contributed by atoms with E-state index in [9.17, 15) is 24.5 Å². The Balaban J connectivity index is 1.39. The van der Waals surface area contributed by atoms with Crippen LogP contribution in [-0.2, 0) is 16.1 Å². The SMILES string of the molecule is COc1ccc(-c2noc(COC(=O)CN3C(=O)c4cccc([N+](=O)[O-])c4C3=O)n2)cc1. The van der Waals surface area contributed by atoms with Crippen molar-refractivity contribution >= 4 is 23.5 Å². The Hall–Kier alpha value is -4.61. The van der Waals surface area contributed by atoms with E-state index in [-0.39, 0.29) is 29.4 Å². The number of aromatic nitrogens is 2. The maximum atomic E-state index is 12.5. The molecule has 3 aromatic rings. The fourth-order valence-electron chi connectivity index (χ4n) is 3.10. The van der Waals surface area contributed by atoms with Gasteiger partial charge in [0, 0.05) is 11.6 Å². The van der Waals surface area contributed by atoms with Gasteiger partial charge in [0.2, 0.25) is 5.82 Å². The predicted octanol–water partition coefficient (Wildman–Crippen LogP) is 1.99. The second-order valence-electron chi connectivity index (χ2n) is 6.55. The molecule has 2 aromatic carbocycles. The maximum absolute atomic E-state index is 12.5. The Bertz CT molecular complexity index is 1230. The van der Waals surface area contributed by atoms with Gasteiger partial charge in [0.1, 0.15) is 17.9 Å². The molecule has 0 N–H and O–H groups in total. The summed E-state index contributed by atoms with van der Waals surface area (Å²) in [6.07, 6.45) is 0. The molecule has 0 atom stereocenters. The topological polar surface area (TPSA) is 155 Å². The van der Waals surface area contributed by atoms with E-state index < -0.39 is 34.9 Å². The summed E-state index contributed by atoms with van der Waals surface area (Å²) in [6.45, 7) is -1.10. The lowest BCUT2D eigenvalue weighted by Crippen LogP contribution is -2.35. The van der Waals surface area contributed by atoms with E-state index in [0.717, 1.165) is 6.07 Å². The molecule has 0 bridgehead atoms. The van der Waals surface area contributed by atoms with Crippen LogP contribution in [0.3, 0.4) is 0 Å². The minimum atomic E-state index is -0.936. The average Bonchev–Trinajstić information content (AvgIpc) is 3.37. The van der Waals surface area contributed by atoms with Gasteiger partial charge in [0.15, 0.2) is 6.61 Å². The molecular formula is C20H14N4O8. The normalized spacial score (nSPS) is 12.6. The number of amides is 2. The van der Waals surface area contributed by atoms with Crippen LogP contribution in [0.15, 0.2) is 47.0 Å². The summed E-state index contributed by atoms with van der Waals surface area (Å²) in [5, 5.41) is 14.9. The van der Waals surface area contributed by atoms with Crippen LogP contribution < -0.4 is 4.74 Å². The zero-order valence-electron chi connectivity index (χ0n) is 16.5. The van der Waals surface area contributed by atoms with Crippen molar-refractivity contribution in [1.29, 1.82) is 0 Å². The third-order valence-corrected chi connectivity index (χ3v) is 4.63. The number of carbonyl (C=O) groups is 3. The number of ether oxygens (including phenoxy) is 2. The van der Waals surface area contributed by atoms with Crippen molar-refractivity contribution in [3.8, 4) is 17.1 Å². The van der Waals surface area contributed by atoms with Gasteiger partial charge in [-0.25, -0.2) is 0 Å². The van der Waals surface area contributed by atoms with Crippen molar-refractivity contribution in [2.24, 2.45) is 0 Å². The zero-order valence-corrected chi connectivity index (χ0v) is 16.5. The summed E-state index contributed by atoms with van der Waals surface area (Å²) in [7, 11) is 1.54. The standard InChI is InChI=1S/C20H14N4O8/c1-30-12-7-5-11(6-8-12)18-21-15(32-22-18)10-31-16(25)9-23-19(26)13-3-2-4-14(24(28)29)17(13)20(23)27/h2-8H,9-10H2,1H3. The number of rotatable bonds is 7. The van der Waals surface area contributed by atoms with E-state index in [2.05, 4.69) is 10.1 Å². The molecule has 0 fully saturated rings. The first-order chi connectivity index (χ1) is 15.4. The number of carbonyl (C=O) groups excluding carboxylic acids is 3. The van der Waals surface area contributed by atoms with E-state index in [4.69, 9.17) is 14.0 Å². The van der Waals surface area contributed by atoms with Crippen molar-refractivity contribution in [3.05, 3.63) is 69.6 Å². The molecule has 1 aromatic heterocycles. The van der Waals surface area contributed by atoms with E-state index in [1.54, 1.807) is 31.4 Å². The van der Waals surface area contributed by atoms with E-state index in [0.29, 0.717) is 16.2 Å². The number of nitro groups is 1. The molecule has 2 amide bonds. The fraction of sp³-hybridized carbons (Fsp3) is 0.150. The van der Waals surface area contributed by atoms with Gasteiger partial charge in [-0.3, -0.25) is 29.4 Å². The molecule has 32 heavy (non-hydrogen) atoms. The molecule has 12 heteroatoms. The van der Waals surface area contributed by atoms with Crippen molar-refractivity contribution in [3.63, 3.8) is 0 Å². The maximum Gasteiger partial charge on any atom is 0.326 e. The molecule has 0 spiro atoms. The average molecular weight is 438 g/mol. The first kappa shape index (κ1) is 20.7. The Kier molecular flexibility index (Phi) is 5.33. The number of nitro benzene ring substituents is 1. The van der Waals surface area contributed by atoms with Crippen LogP contribution in [0.25, 0.3) is 11.4 Å². The summed E-state index contributed by atoms with van der Waals surface area (Å²) in [4.78, 5) is 52.2. The number of hydrogen-bond acceptors (Lipinski definition) is 10. The van der Waals surface area contributed by atoms with Gasteiger partial charge in [-0.05, 0) is 30.3 Å². The second kappa shape index (κ2) is 8.26. The third kappa shape index (κ3) is 3.76. The van der Waals surface area contributed by atoms with Gasteiger partial charge >= 0.3 is 5.97 Å². The summed E-state index contributed by atoms with van der Waals surface area (Å²) in [5.41, 5.74) is -0.345. The first-order valence-corrected chi connectivity index (χ1v) is 9.15. The van der Waals surface area contributed by atoms with Crippen LogP contribution in [0.2, 0.25) is 0 Å². The van der Waals surface area contributed by atoms with E-state index >= 15 is 0 Å². The Morgan fingerprint density at radius 3 is 2.59 bits per heavy atom. The summed E-state index contributed by atoms with van der Waals surface area (Å²) < 4.78 is 15.1. The molecule has 0 aliphatic carbocycles. The van der Waals surface area contributed by atoms with Crippen LogP contribution >= 0.6 is 0 Å². The van der Waals surface area contributed by atoms with Crippen LogP contribution in [0.1, 0.15) is 26.6 Å². The fourth-order valence-corrected chi connectivity index (χ4v) is 3.10. The van der Waals surface area contributed by atoms with Crippen LogP contribution in [-0.4, -0.2) is 51.4 Å². The van der Waals surface area contributed by atoms with E-state index in [1.165, 1.54) is 12.1 Å². The van der Waals surface area contributed by atoms with Gasteiger partial charge in [0.05, 0.1) is 17.6 Å². The minimum absolute atomic E-state index is 0.00201. The molecule has 0 unspecified atom stereocenters. The van der Waals surface area contributed by atoms with Crippen molar-refractivity contribution in [2.45, 2.75) is 6.61 Å². The quantitative estimate of drug-likeness (QED) is 0.231. The number of methoxy groups -OCH3 is 1. The van der Waals surface area contributed by atoms with Gasteiger partial charge in [-0.1, -0.05) is 11.2 Å². The largest absolute Gasteiger partial charge is 0.497 e. The lowest BCUT2D eigenvalue weighted by molar-refractivity contribution is -0.385. The van der Waals surface area contributed by atoms with Gasteiger partial charge in [-0.2, -0.15) is 4.98 Å². The third-order valence-electron chi connectivity index (χ3n) is 4.63. The van der Waals surface area contributed by atoms with E-state index in [1.807, 2.05) is 0 Å². The van der Waals surface area contributed by atoms with Gasteiger partial charge in [0.25, 0.3) is 23.4 Å². The zero-order chi connectivity index (χ0) is 22.8. The van der Waals surface area contributed by atoms with Crippen LogP contribution in [0, 0.1) is 10.1 Å². The molecule has 2 heterocycles. The molecule has 0 saturated carbocycles. The molecule has 162 valence electrons. The molecule has 12 nitrogen and oxygen atoms in total. The highest BCUT2D eigenvalue weighted by atomic mass is 16.6. The highest BCUT2D eigenvalue weighted by Crippen LogP contribution is 2.30. The number of benzene rings is 2. The number of nitrogens with zero attached hydrogens (tertiary/aromatic N) is 4. The predicted molar refractivity (Wildman–Crippen MR) is 105 cm³/mol. The number of imide groups is 1. The molecule has 4 rings (SSSR count). The summed E-state index contributed by atoms with van der Waals surface area (Å²) in [6, 6.07) is 10.6. The van der Waals surface area contributed by atoms with Gasteiger partial charge in [-0.15, -0.1) is 0 Å². The monoisotopic (exact) mass is 438 g/mol. The molecule has 0 saturated heterocycles.